The molecule has 0 radical (unpaired) electrons. The van der Waals surface area contributed by atoms with Crippen LogP contribution in [0, 0.1) is 12.7 Å². The molecule has 0 aliphatic heterocycles. The van der Waals surface area contributed by atoms with Crippen LogP contribution in [0.25, 0.3) is 0 Å². The van der Waals surface area contributed by atoms with Crippen molar-refractivity contribution in [3.05, 3.63) is 64.4 Å². The molecule has 1 unspecified atom stereocenters. The fourth-order valence-electron chi connectivity index (χ4n) is 1.73. The van der Waals surface area contributed by atoms with E-state index in [1.54, 1.807) is 24.3 Å². The van der Waals surface area contributed by atoms with E-state index >= 15 is 0 Å². The van der Waals surface area contributed by atoms with Crippen molar-refractivity contribution in [2.24, 2.45) is 0 Å². The van der Waals surface area contributed by atoms with Crippen molar-refractivity contribution in [3.8, 4) is 5.75 Å². The third-order valence-corrected chi connectivity index (χ3v) is 3.06. The van der Waals surface area contributed by atoms with Gasteiger partial charge in [-0.15, -0.1) is 0 Å². The Bertz CT molecular complexity index is 572. The van der Waals surface area contributed by atoms with Crippen LogP contribution >= 0.6 is 11.6 Å². The molecule has 0 aromatic heterocycles. The fraction of sp³-hybridized carbons (Fsp3) is 0.200. The zero-order valence-corrected chi connectivity index (χ0v) is 11.2. The summed E-state index contributed by atoms with van der Waals surface area (Å²) in [5, 5.41) is 10.4. The Hall–Kier alpha value is -1.58. The highest BCUT2D eigenvalue weighted by Crippen LogP contribution is 2.26. The molecule has 19 heavy (non-hydrogen) atoms. The number of aliphatic hydroxyl groups excluding tert-OH is 1. The maximum atomic E-state index is 13.5. The lowest BCUT2D eigenvalue weighted by atomic mass is 10.1. The van der Waals surface area contributed by atoms with E-state index in [1.165, 1.54) is 12.1 Å². The first-order valence-corrected chi connectivity index (χ1v) is 6.27. The molecule has 2 rings (SSSR count). The summed E-state index contributed by atoms with van der Waals surface area (Å²) in [7, 11) is 0. The maximum absolute atomic E-state index is 13.5. The Balaban J connectivity index is 2.06. The number of benzene rings is 2. The molecule has 0 saturated heterocycles. The molecule has 100 valence electrons. The molecule has 0 spiro atoms. The van der Waals surface area contributed by atoms with E-state index in [1.807, 2.05) is 13.0 Å². The molecule has 0 saturated carbocycles. The first-order valence-electron chi connectivity index (χ1n) is 5.89. The Labute approximate surface area is 116 Å². The number of aliphatic hydroxyl groups is 1. The third-order valence-electron chi connectivity index (χ3n) is 2.75. The van der Waals surface area contributed by atoms with Crippen LogP contribution in [0.1, 0.15) is 17.2 Å². The van der Waals surface area contributed by atoms with Gasteiger partial charge >= 0.3 is 0 Å². The van der Waals surface area contributed by atoms with Crippen molar-refractivity contribution in [3.63, 3.8) is 0 Å². The maximum Gasteiger partial charge on any atom is 0.138 e. The van der Waals surface area contributed by atoms with Gasteiger partial charge in [0.05, 0.1) is 5.02 Å². The van der Waals surface area contributed by atoms with E-state index in [-0.39, 0.29) is 12.2 Å². The second kappa shape index (κ2) is 6.04. The van der Waals surface area contributed by atoms with E-state index in [0.717, 1.165) is 5.56 Å². The SMILES string of the molecule is Cc1ccc(Cl)c(OCC(O)c2ccccc2F)c1. The lowest BCUT2D eigenvalue weighted by molar-refractivity contribution is 0.105. The topological polar surface area (TPSA) is 29.5 Å². The second-order valence-electron chi connectivity index (χ2n) is 4.28. The van der Waals surface area contributed by atoms with Gasteiger partial charge in [0.25, 0.3) is 0 Å². The van der Waals surface area contributed by atoms with Crippen LogP contribution < -0.4 is 4.74 Å². The molecule has 0 bridgehead atoms. The summed E-state index contributed by atoms with van der Waals surface area (Å²) in [5.74, 6) is 0.0333. The van der Waals surface area contributed by atoms with E-state index < -0.39 is 11.9 Å². The lowest BCUT2D eigenvalue weighted by Crippen LogP contribution is -2.11. The number of aryl methyl sites for hydroxylation is 1. The molecule has 0 amide bonds. The molecule has 2 aromatic carbocycles. The quantitative estimate of drug-likeness (QED) is 0.920. The minimum Gasteiger partial charge on any atom is -0.489 e. The smallest absolute Gasteiger partial charge is 0.138 e. The zero-order valence-electron chi connectivity index (χ0n) is 10.4. The summed E-state index contributed by atoms with van der Waals surface area (Å²) >= 11 is 5.98. The predicted octanol–water partition coefficient (Wildman–Crippen LogP) is 3.90. The number of rotatable bonds is 4. The van der Waals surface area contributed by atoms with Gasteiger partial charge in [0, 0.05) is 5.56 Å². The molecule has 1 atom stereocenters. The largest absolute Gasteiger partial charge is 0.489 e. The van der Waals surface area contributed by atoms with Crippen LogP contribution in [0.15, 0.2) is 42.5 Å². The number of hydrogen-bond donors (Lipinski definition) is 1. The molecule has 0 aliphatic rings. The van der Waals surface area contributed by atoms with Crippen molar-refractivity contribution in [2.45, 2.75) is 13.0 Å². The van der Waals surface area contributed by atoms with Gasteiger partial charge in [0.2, 0.25) is 0 Å². The summed E-state index contributed by atoms with van der Waals surface area (Å²) in [4.78, 5) is 0. The summed E-state index contributed by atoms with van der Waals surface area (Å²) in [6.07, 6.45) is -1.03. The van der Waals surface area contributed by atoms with Gasteiger partial charge in [0.1, 0.15) is 24.3 Å². The Morgan fingerprint density at radius 3 is 2.74 bits per heavy atom. The monoisotopic (exact) mass is 280 g/mol. The highest BCUT2D eigenvalue weighted by Gasteiger charge is 2.13. The Morgan fingerprint density at radius 2 is 2.00 bits per heavy atom. The van der Waals surface area contributed by atoms with Gasteiger partial charge in [0.15, 0.2) is 0 Å². The van der Waals surface area contributed by atoms with Gasteiger partial charge in [-0.25, -0.2) is 4.39 Å². The van der Waals surface area contributed by atoms with Gasteiger partial charge in [-0.3, -0.25) is 0 Å². The fourth-order valence-corrected chi connectivity index (χ4v) is 1.90. The molecular weight excluding hydrogens is 267 g/mol. The number of ether oxygens (including phenoxy) is 1. The summed E-state index contributed by atoms with van der Waals surface area (Å²) in [6.45, 7) is 1.86. The second-order valence-corrected chi connectivity index (χ2v) is 4.69. The predicted molar refractivity (Wildman–Crippen MR) is 73.0 cm³/mol. The normalized spacial score (nSPS) is 12.2. The standard InChI is InChI=1S/C15H14ClFO2/c1-10-6-7-12(16)15(8-10)19-9-14(18)11-4-2-3-5-13(11)17/h2-8,14,18H,9H2,1H3. The van der Waals surface area contributed by atoms with Crippen molar-refractivity contribution in [2.75, 3.05) is 6.61 Å². The van der Waals surface area contributed by atoms with Crippen LogP contribution in [-0.4, -0.2) is 11.7 Å². The molecule has 0 fully saturated rings. The van der Waals surface area contributed by atoms with Gasteiger partial charge in [-0.2, -0.15) is 0 Å². The molecule has 2 nitrogen and oxygen atoms in total. The Kier molecular flexibility index (Phi) is 4.40. The highest BCUT2D eigenvalue weighted by atomic mass is 35.5. The molecule has 0 heterocycles. The lowest BCUT2D eigenvalue weighted by Gasteiger charge is -2.14. The van der Waals surface area contributed by atoms with Crippen LogP contribution in [0.3, 0.4) is 0 Å². The van der Waals surface area contributed by atoms with E-state index in [9.17, 15) is 9.50 Å². The Morgan fingerprint density at radius 1 is 1.26 bits per heavy atom. The summed E-state index contributed by atoms with van der Waals surface area (Å²) in [5.41, 5.74) is 1.21. The molecule has 2 aromatic rings. The van der Waals surface area contributed by atoms with Crippen LogP contribution in [0.4, 0.5) is 4.39 Å². The van der Waals surface area contributed by atoms with E-state index in [0.29, 0.717) is 10.8 Å². The van der Waals surface area contributed by atoms with E-state index in [2.05, 4.69) is 0 Å². The first kappa shape index (κ1) is 13.8. The van der Waals surface area contributed by atoms with Gasteiger partial charge in [-0.1, -0.05) is 35.9 Å². The molecular formula is C15H14ClFO2. The van der Waals surface area contributed by atoms with Crippen molar-refractivity contribution in [1.29, 1.82) is 0 Å². The van der Waals surface area contributed by atoms with Crippen molar-refractivity contribution in [1.82, 2.24) is 0 Å². The van der Waals surface area contributed by atoms with Gasteiger partial charge < -0.3 is 9.84 Å². The van der Waals surface area contributed by atoms with Crippen LogP contribution in [-0.2, 0) is 0 Å². The molecule has 1 N–H and O–H groups in total. The van der Waals surface area contributed by atoms with Crippen molar-refractivity contribution >= 4 is 11.6 Å². The average Bonchev–Trinajstić information content (AvgIpc) is 2.40. The van der Waals surface area contributed by atoms with E-state index in [4.69, 9.17) is 16.3 Å². The first-order chi connectivity index (χ1) is 9.08. The number of hydrogen-bond acceptors (Lipinski definition) is 2. The van der Waals surface area contributed by atoms with Crippen LogP contribution in [0.5, 0.6) is 5.75 Å². The minimum atomic E-state index is -1.03. The number of halogens is 2. The summed E-state index contributed by atoms with van der Waals surface area (Å²) < 4.78 is 18.9. The molecule has 4 heteroatoms. The summed E-state index contributed by atoms with van der Waals surface area (Å²) in [6, 6.07) is 11.4. The molecule has 0 aliphatic carbocycles. The minimum absolute atomic E-state index is 0.0515. The third kappa shape index (κ3) is 3.46. The van der Waals surface area contributed by atoms with Crippen molar-refractivity contribution < 1.29 is 14.2 Å². The van der Waals surface area contributed by atoms with Gasteiger partial charge in [-0.05, 0) is 30.7 Å². The zero-order chi connectivity index (χ0) is 13.8. The average molecular weight is 281 g/mol. The highest BCUT2D eigenvalue weighted by molar-refractivity contribution is 6.32. The van der Waals surface area contributed by atoms with Crippen LogP contribution in [0.2, 0.25) is 5.02 Å².